The number of H-pyrrole nitrogens is 1. The van der Waals surface area contributed by atoms with Gasteiger partial charge in [0.05, 0.1) is 13.6 Å². The fraction of sp³-hybridized carbons (Fsp3) is 0.350. The number of pyridine rings is 1. The van der Waals surface area contributed by atoms with Crippen LogP contribution in [-0.4, -0.2) is 66.0 Å². The number of aryl methyl sites for hydroxylation is 1. The second-order valence-electron chi connectivity index (χ2n) is 7.70. The van der Waals surface area contributed by atoms with E-state index in [2.05, 4.69) is 25.0 Å². The number of halogens is 2. The molecule has 1 aliphatic heterocycles. The normalized spacial score (nSPS) is 18.0. The number of nitrogens with two attached hydrogens (primary N) is 1. The molecule has 5 rings (SSSR count). The molecule has 0 unspecified atom stereocenters. The van der Waals surface area contributed by atoms with Gasteiger partial charge >= 0.3 is 0 Å². The zero-order chi connectivity index (χ0) is 23.4. The Balaban J connectivity index is 1.64. The maximum absolute atomic E-state index is 13.1. The molecule has 32 heavy (non-hydrogen) atoms. The van der Waals surface area contributed by atoms with Crippen LogP contribution >= 0.6 is 0 Å². The third-order valence-corrected chi connectivity index (χ3v) is 5.55. The summed E-state index contributed by atoms with van der Waals surface area (Å²) in [6, 6.07) is 4.39. The molecule has 166 valence electrons. The number of anilines is 1. The zero-order valence-electron chi connectivity index (χ0n) is 18.4. The number of hydrogen-bond acceptors (Lipinski definition) is 6. The second kappa shape index (κ2) is 7.39. The van der Waals surface area contributed by atoms with Crippen molar-refractivity contribution in [2.75, 3.05) is 19.3 Å². The van der Waals surface area contributed by atoms with E-state index in [0.29, 0.717) is 46.7 Å². The summed E-state index contributed by atoms with van der Waals surface area (Å²) in [6.07, 6.45) is -1.91. The highest BCUT2D eigenvalue weighted by Gasteiger charge is 2.28. The van der Waals surface area contributed by atoms with Crippen molar-refractivity contribution < 1.29 is 14.9 Å². The van der Waals surface area contributed by atoms with E-state index in [1.54, 1.807) is 37.1 Å². The summed E-state index contributed by atoms with van der Waals surface area (Å²) in [6.45, 7) is 1.74. The fourth-order valence-corrected chi connectivity index (χ4v) is 3.96. The van der Waals surface area contributed by atoms with Crippen LogP contribution in [0.25, 0.3) is 27.9 Å². The highest BCUT2D eigenvalue weighted by Crippen LogP contribution is 2.28. The van der Waals surface area contributed by atoms with Gasteiger partial charge in [-0.2, -0.15) is 4.98 Å². The highest BCUT2D eigenvalue weighted by atomic mass is 19.3. The number of likely N-dealkylation sites (tertiary alicyclic amines) is 1. The summed E-state index contributed by atoms with van der Waals surface area (Å²) in [7, 11) is 1.71. The molecule has 1 aliphatic rings. The Morgan fingerprint density at radius 1 is 1.34 bits per heavy atom. The van der Waals surface area contributed by atoms with E-state index in [9.17, 15) is 13.6 Å². The molecule has 0 aromatic carbocycles. The predicted molar refractivity (Wildman–Crippen MR) is 113 cm³/mol. The van der Waals surface area contributed by atoms with Crippen LogP contribution in [0, 0.1) is 6.92 Å². The molecular weight excluding hydrogens is 420 g/mol. The summed E-state index contributed by atoms with van der Waals surface area (Å²) >= 11 is 0. The topological polar surface area (TPSA) is 122 Å². The van der Waals surface area contributed by atoms with Gasteiger partial charge in [-0.25, -0.2) is 23.7 Å². The Kier molecular flexibility index (Phi) is 4.37. The van der Waals surface area contributed by atoms with E-state index in [4.69, 9.17) is 7.10 Å². The van der Waals surface area contributed by atoms with Gasteiger partial charge in [0.25, 0.3) is 6.43 Å². The minimum atomic E-state index is -2.55. The number of imidazole rings is 1. The molecule has 10 nitrogen and oxygen atoms in total. The van der Waals surface area contributed by atoms with Crippen LogP contribution in [0.15, 0.2) is 29.4 Å². The Bertz CT molecular complexity index is 1470. The average Bonchev–Trinajstić information content (AvgIpc) is 3.37. The van der Waals surface area contributed by atoms with E-state index < -0.39 is 19.0 Å². The van der Waals surface area contributed by atoms with Gasteiger partial charge in [-0.15, -0.1) is 0 Å². The van der Waals surface area contributed by atoms with Gasteiger partial charge in [0, 0.05) is 25.3 Å². The maximum Gasteiger partial charge on any atom is 0.256 e. The van der Waals surface area contributed by atoms with Crippen LogP contribution < -0.4 is 11.4 Å². The smallest absolute Gasteiger partial charge is 0.256 e. The molecule has 5 heterocycles. The number of carbonyl (C=O) groups is 1. The van der Waals surface area contributed by atoms with Crippen LogP contribution in [0.2, 0.25) is 0 Å². The lowest BCUT2D eigenvalue weighted by Gasteiger charge is -2.07. The van der Waals surface area contributed by atoms with Crippen molar-refractivity contribution in [3.05, 3.63) is 35.8 Å². The molecular formula is C20H21F2N9O. The van der Waals surface area contributed by atoms with Crippen molar-refractivity contribution in [2.24, 2.45) is 4.99 Å². The largest absolute Gasteiger partial charge is 0.382 e. The van der Waals surface area contributed by atoms with Crippen LogP contribution in [0.5, 0.6) is 0 Å². The maximum atomic E-state index is 13.1. The van der Waals surface area contributed by atoms with E-state index in [1.807, 2.05) is 0 Å². The van der Waals surface area contributed by atoms with Crippen molar-refractivity contribution in [3.8, 4) is 11.3 Å². The first-order chi connectivity index (χ1) is 15.7. The number of amides is 1. The minimum Gasteiger partial charge on any atom is -0.382 e. The van der Waals surface area contributed by atoms with Gasteiger partial charge in [0.2, 0.25) is 11.5 Å². The predicted octanol–water partition coefficient (Wildman–Crippen LogP) is 1.36. The highest BCUT2D eigenvalue weighted by molar-refractivity contribution is 5.88. The Morgan fingerprint density at radius 2 is 2.16 bits per heavy atom. The molecule has 3 N–H and O–H groups in total. The molecule has 12 heteroatoms. The molecule has 4 aromatic rings. The van der Waals surface area contributed by atoms with E-state index in [0.717, 1.165) is 0 Å². The summed E-state index contributed by atoms with van der Waals surface area (Å²) in [5.41, 5.74) is 8.52. The third kappa shape index (κ3) is 3.27. The van der Waals surface area contributed by atoms with Gasteiger partial charge in [0.1, 0.15) is 22.9 Å². The first kappa shape index (κ1) is 18.9. The number of nitrogens with zero attached hydrogens (tertiary/aromatic N) is 7. The standard InChI is InChI=1S/C20H21F2N9O/c1-10-24-13-4-3-12(25-18(13)30(10)9-15(21)22)11-5-8-31-16(11)17(23)27-20(28-31)26-14-6-7-29(2)19(14)32/h3-5,8,14-15H,6-7,9H2,1-2H3,(H3,23,26,27,28)/t14-/m1/s1/i8D. The number of nitrogen functional groups attached to an aromatic ring is 1. The van der Waals surface area contributed by atoms with Crippen LogP contribution in [0.3, 0.4) is 0 Å². The summed E-state index contributed by atoms with van der Waals surface area (Å²) in [5.74, 6) is 0.432. The molecule has 0 spiro atoms. The van der Waals surface area contributed by atoms with Gasteiger partial charge in [0.15, 0.2) is 11.5 Å². The number of rotatable bonds is 4. The lowest BCUT2D eigenvalue weighted by molar-refractivity contribution is -0.127. The minimum absolute atomic E-state index is 0.0691. The fourth-order valence-electron chi connectivity index (χ4n) is 3.96. The first-order valence-corrected chi connectivity index (χ1v) is 10.0. The molecule has 1 saturated heterocycles. The molecule has 0 radical (unpaired) electrons. The molecule has 1 amide bonds. The van der Waals surface area contributed by atoms with Crippen LogP contribution in [0.4, 0.5) is 14.6 Å². The first-order valence-electron chi connectivity index (χ1n) is 10.5. The van der Waals surface area contributed by atoms with Crippen LogP contribution in [-0.2, 0) is 11.3 Å². The van der Waals surface area contributed by atoms with E-state index in [-0.39, 0.29) is 23.5 Å². The van der Waals surface area contributed by atoms with Crippen molar-refractivity contribution in [2.45, 2.75) is 32.4 Å². The lowest BCUT2D eigenvalue weighted by Crippen LogP contribution is -2.28. The molecule has 0 saturated carbocycles. The van der Waals surface area contributed by atoms with Gasteiger partial charge in [-0.05, 0) is 31.5 Å². The third-order valence-electron chi connectivity index (χ3n) is 5.55. The summed E-state index contributed by atoms with van der Waals surface area (Å²) in [4.78, 5) is 31.3. The molecule has 0 bridgehead atoms. The molecule has 1 atom stereocenters. The number of carbonyl (C=O) groups excluding carboxylic acids is 1. The number of nitrogens with one attached hydrogen (secondary N) is 1. The number of likely N-dealkylation sites (N-methyl/N-ethyl adjacent to an activating group) is 1. The number of alkyl halides is 2. The van der Waals surface area contributed by atoms with Gasteiger partial charge < -0.3 is 15.2 Å². The van der Waals surface area contributed by atoms with Gasteiger partial charge in [-0.1, -0.05) is 0 Å². The molecule has 0 aliphatic carbocycles. The molecule has 1 fully saturated rings. The number of hydrogen-bond donors (Lipinski definition) is 2. The Labute approximate surface area is 181 Å². The monoisotopic (exact) mass is 442 g/mol. The summed E-state index contributed by atoms with van der Waals surface area (Å²) in [5, 5.41) is 2.92. The Hall–Kier alpha value is -3.83. The second-order valence-corrected chi connectivity index (χ2v) is 7.70. The molecule has 4 aromatic heterocycles. The summed E-state index contributed by atoms with van der Waals surface area (Å²) < 4.78 is 37.3. The van der Waals surface area contributed by atoms with Gasteiger partial charge in [-0.3, -0.25) is 14.4 Å². The van der Waals surface area contributed by atoms with Crippen molar-refractivity contribution in [1.82, 2.24) is 34.0 Å². The van der Waals surface area contributed by atoms with E-state index >= 15 is 0 Å². The van der Waals surface area contributed by atoms with Crippen molar-refractivity contribution >= 4 is 28.4 Å². The SMILES string of the molecule is [2H]c1cc(-c2ccc3nc(C)n(CC(F)F)c3n2)c2c(N)nc(=N[C@@H]3CCN(C)C3=O)[nH]n12. The average molecular weight is 442 g/mol. The van der Waals surface area contributed by atoms with Crippen molar-refractivity contribution in [3.63, 3.8) is 0 Å². The number of fused-ring (bicyclic) bond motifs is 2. The van der Waals surface area contributed by atoms with E-state index in [1.165, 1.54) is 9.08 Å². The number of aromatic nitrogens is 6. The number of aromatic amines is 1. The van der Waals surface area contributed by atoms with Crippen LogP contribution in [0.1, 0.15) is 13.6 Å². The lowest BCUT2D eigenvalue weighted by atomic mass is 10.2. The zero-order valence-corrected chi connectivity index (χ0v) is 17.4. The Morgan fingerprint density at radius 3 is 2.88 bits per heavy atom. The quantitative estimate of drug-likeness (QED) is 0.494. The van der Waals surface area contributed by atoms with Crippen molar-refractivity contribution in [1.29, 1.82) is 0 Å².